The van der Waals surface area contributed by atoms with Gasteiger partial charge in [-0.15, -0.1) is 0 Å². The highest BCUT2D eigenvalue weighted by Gasteiger charge is 2.04. The van der Waals surface area contributed by atoms with E-state index in [9.17, 15) is 14.7 Å². The zero-order valence-electron chi connectivity index (χ0n) is 14.0. The minimum Gasteiger partial charge on any atom is -0.504 e. The van der Waals surface area contributed by atoms with Crippen LogP contribution in [0.5, 0.6) is 11.5 Å². The normalized spacial score (nSPS) is 11.0. The van der Waals surface area contributed by atoms with Gasteiger partial charge in [-0.05, 0) is 47.5 Å². The number of esters is 1. The van der Waals surface area contributed by atoms with Crippen molar-refractivity contribution in [1.29, 1.82) is 0 Å². The molecule has 0 bridgehead atoms. The number of halogens is 1. The van der Waals surface area contributed by atoms with Crippen LogP contribution in [0.3, 0.4) is 0 Å². The number of aromatic hydroxyl groups is 1. The molecule has 2 aromatic rings. The lowest BCUT2D eigenvalue weighted by molar-refractivity contribution is -0.141. The molecule has 134 valence electrons. The molecule has 2 aromatic carbocycles. The summed E-state index contributed by atoms with van der Waals surface area (Å²) in [4.78, 5) is 23.4. The second kappa shape index (κ2) is 9.58. The Kier molecular flexibility index (Phi) is 7.17. The molecule has 0 radical (unpaired) electrons. The number of hydrogen-bond acceptors (Lipinski definition) is 5. The van der Waals surface area contributed by atoms with Crippen molar-refractivity contribution in [1.82, 2.24) is 0 Å². The van der Waals surface area contributed by atoms with Crippen molar-refractivity contribution in [2.24, 2.45) is 0 Å². The van der Waals surface area contributed by atoms with Crippen LogP contribution in [0.15, 0.2) is 59.1 Å². The van der Waals surface area contributed by atoms with Crippen molar-refractivity contribution in [3.05, 3.63) is 70.2 Å². The third-order valence-electron chi connectivity index (χ3n) is 3.30. The van der Waals surface area contributed by atoms with Gasteiger partial charge in [0.1, 0.15) is 0 Å². The summed E-state index contributed by atoms with van der Waals surface area (Å²) in [6, 6.07) is 12.1. The lowest BCUT2D eigenvalue weighted by Gasteiger charge is -2.03. The highest BCUT2D eigenvalue weighted by Crippen LogP contribution is 2.26. The second-order valence-electron chi connectivity index (χ2n) is 5.22. The fraction of sp³-hybridized carbons (Fsp3) is 0.100. The smallest absolute Gasteiger partial charge is 0.331 e. The molecule has 0 unspecified atom stereocenters. The van der Waals surface area contributed by atoms with Crippen LogP contribution < -0.4 is 4.74 Å². The van der Waals surface area contributed by atoms with Gasteiger partial charge in [0.05, 0.1) is 7.11 Å². The molecule has 0 saturated heterocycles. The van der Waals surface area contributed by atoms with Gasteiger partial charge < -0.3 is 14.6 Å². The number of phenols is 1. The van der Waals surface area contributed by atoms with E-state index < -0.39 is 5.97 Å². The summed E-state index contributed by atoms with van der Waals surface area (Å²) < 4.78 is 10.8. The third-order valence-corrected chi connectivity index (χ3v) is 3.83. The second-order valence-corrected chi connectivity index (χ2v) is 6.14. The van der Waals surface area contributed by atoms with Crippen LogP contribution in [0.2, 0.25) is 0 Å². The summed E-state index contributed by atoms with van der Waals surface area (Å²) >= 11 is 3.33. The minimum atomic E-state index is -0.596. The maximum Gasteiger partial charge on any atom is 0.331 e. The van der Waals surface area contributed by atoms with Gasteiger partial charge in [0.25, 0.3) is 0 Å². The summed E-state index contributed by atoms with van der Waals surface area (Å²) in [6.07, 6.45) is 5.73. The van der Waals surface area contributed by atoms with E-state index in [-0.39, 0.29) is 18.1 Å². The van der Waals surface area contributed by atoms with Crippen LogP contribution in [0, 0.1) is 0 Å². The van der Waals surface area contributed by atoms with Gasteiger partial charge in [0.2, 0.25) is 0 Å². The number of carbonyl (C=O) groups is 2. The minimum absolute atomic E-state index is 0.0162. The average molecular weight is 417 g/mol. The Morgan fingerprint density at radius 2 is 1.69 bits per heavy atom. The van der Waals surface area contributed by atoms with Crippen molar-refractivity contribution >= 4 is 39.8 Å². The summed E-state index contributed by atoms with van der Waals surface area (Å²) in [7, 11) is 1.44. The van der Waals surface area contributed by atoms with Crippen molar-refractivity contribution in [2.45, 2.75) is 0 Å². The standard InChI is InChI=1S/C20H17BrO5/c1-25-19-12-15(5-10-18(19)23)4-9-17(22)13-26-20(24)11-6-14-2-7-16(21)8-3-14/h2-12,23H,13H2,1H3/b9-4+,11-6+. The Morgan fingerprint density at radius 3 is 2.38 bits per heavy atom. The molecular formula is C20H17BrO5. The topological polar surface area (TPSA) is 72.8 Å². The Balaban J connectivity index is 1.84. The van der Waals surface area contributed by atoms with E-state index in [0.29, 0.717) is 11.3 Å². The molecule has 0 saturated carbocycles. The van der Waals surface area contributed by atoms with Gasteiger partial charge in [0, 0.05) is 10.5 Å². The number of ether oxygens (including phenoxy) is 2. The summed E-state index contributed by atoms with van der Waals surface area (Å²) in [5.74, 6) is -0.630. The van der Waals surface area contributed by atoms with E-state index in [2.05, 4.69) is 15.9 Å². The maximum absolute atomic E-state index is 11.8. The predicted molar refractivity (Wildman–Crippen MR) is 103 cm³/mol. The Labute approximate surface area is 159 Å². The van der Waals surface area contributed by atoms with Crippen molar-refractivity contribution in [2.75, 3.05) is 13.7 Å². The van der Waals surface area contributed by atoms with Gasteiger partial charge in [-0.3, -0.25) is 4.79 Å². The largest absolute Gasteiger partial charge is 0.504 e. The molecule has 5 nitrogen and oxygen atoms in total. The van der Waals surface area contributed by atoms with Crippen molar-refractivity contribution in [3.63, 3.8) is 0 Å². The zero-order valence-corrected chi connectivity index (χ0v) is 15.6. The summed E-state index contributed by atoms with van der Waals surface area (Å²) in [5, 5.41) is 9.52. The molecule has 0 aromatic heterocycles. The first-order valence-electron chi connectivity index (χ1n) is 7.66. The van der Waals surface area contributed by atoms with E-state index in [1.54, 1.807) is 24.3 Å². The molecule has 0 heterocycles. The number of rotatable bonds is 7. The van der Waals surface area contributed by atoms with Crippen LogP contribution in [-0.4, -0.2) is 30.6 Å². The number of hydrogen-bond donors (Lipinski definition) is 1. The number of methoxy groups -OCH3 is 1. The molecule has 0 aliphatic rings. The number of phenolic OH excluding ortho intramolecular Hbond substituents is 1. The van der Waals surface area contributed by atoms with E-state index in [1.165, 1.54) is 25.3 Å². The molecule has 0 atom stereocenters. The molecule has 0 fully saturated rings. The molecule has 0 amide bonds. The quantitative estimate of drug-likeness (QED) is 0.545. The van der Waals surface area contributed by atoms with E-state index in [4.69, 9.17) is 9.47 Å². The van der Waals surface area contributed by atoms with E-state index in [0.717, 1.165) is 10.0 Å². The molecule has 0 aliphatic carbocycles. The van der Waals surface area contributed by atoms with Gasteiger partial charge in [-0.2, -0.15) is 0 Å². The van der Waals surface area contributed by atoms with E-state index in [1.807, 2.05) is 24.3 Å². The summed E-state index contributed by atoms with van der Waals surface area (Å²) in [6.45, 7) is -0.352. The maximum atomic E-state index is 11.8. The van der Waals surface area contributed by atoms with Crippen LogP contribution in [0.1, 0.15) is 11.1 Å². The Bertz CT molecular complexity index is 838. The third kappa shape index (κ3) is 6.22. The molecule has 6 heteroatoms. The highest BCUT2D eigenvalue weighted by molar-refractivity contribution is 9.10. The number of ketones is 1. The first kappa shape index (κ1) is 19.5. The highest BCUT2D eigenvalue weighted by atomic mass is 79.9. The number of benzene rings is 2. The fourth-order valence-electron chi connectivity index (χ4n) is 1.96. The first-order valence-corrected chi connectivity index (χ1v) is 8.45. The van der Waals surface area contributed by atoms with Crippen LogP contribution in [0.4, 0.5) is 0 Å². The van der Waals surface area contributed by atoms with Gasteiger partial charge in [0.15, 0.2) is 23.9 Å². The molecular weight excluding hydrogens is 400 g/mol. The molecule has 2 rings (SSSR count). The molecule has 0 aliphatic heterocycles. The van der Waals surface area contributed by atoms with Gasteiger partial charge in [-0.1, -0.05) is 40.2 Å². The number of carbonyl (C=O) groups excluding carboxylic acids is 2. The lowest BCUT2D eigenvalue weighted by Crippen LogP contribution is -2.09. The van der Waals surface area contributed by atoms with Crippen LogP contribution in [-0.2, 0) is 14.3 Å². The zero-order chi connectivity index (χ0) is 18.9. The van der Waals surface area contributed by atoms with E-state index >= 15 is 0 Å². The Hall–Kier alpha value is -2.86. The first-order chi connectivity index (χ1) is 12.5. The Morgan fingerprint density at radius 1 is 1.04 bits per heavy atom. The lowest BCUT2D eigenvalue weighted by atomic mass is 10.1. The monoisotopic (exact) mass is 416 g/mol. The summed E-state index contributed by atoms with van der Waals surface area (Å²) in [5.41, 5.74) is 1.52. The SMILES string of the molecule is COc1cc(/C=C/C(=O)COC(=O)/C=C/c2ccc(Br)cc2)ccc1O. The fourth-order valence-corrected chi connectivity index (χ4v) is 2.23. The van der Waals surface area contributed by atoms with Gasteiger partial charge in [-0.25, -0.2) is 4.79 Å². The molecule has 0 spiro atoms. The van der Waals surface area contributed by atoms with Crippen molar-refractivity contribution in [3.8, 4) is 11.5 Å². The van der Waals surface area contributed by atoms with Crippen molar-refractivity contribution < 1.29 is 24.2 Å². The van der Waals surface area contributed by atoms with Gasteiger partial charge >= 0.3 is 5.97 Å². The van der Waals surface area contributed by atoms with Crippen LogP contribution >= 0.6 is 15.9 Å². The molecule has 1 N–H and O–H groups in total. The van der Waals surface area contributed by atoms with Crippen LogP contribution in [0.25, 0.3) is 12.2 Å². The molecule has 26 heavy (non-hydrogen) atoms. The predicted octanol–water partition coefficient (Wildman–Crippen LogP) is 4.00. The average Bonchev–Trinajstić information content (AvgIpc) is 2.65.